The minimum Gasteiger partial charge on any atom is -0.264 e. The lowest BCUT2D eigenvalue weighted by atomic mass is 9.84. The van der Waals surface area contributed by atoms with Gasteiger partial charge in [-0.25, -0.2) is 9.67 Å². The minimum atomic E-state index is -0.00882. The van der Waals surface area contributed by atoms with E-state index in [1.54, 1.807) is 6.20 Å². The maximum Gasteiger partial charge on any atom is 0.155 e. The van der Waals surface area contributed by atoms with E-state index in [-0.39, 0.29) is 5.54 Å². The molecule has 0 radical (unpaired) electrons. The van der Waals surface area contributed by atoms with Gasteiger partial charge in [0.1, 0.15) is 5.82 Å². The second kappa shape index (κ2) is 5.00. The zero-order valence-corrected chi connectivity index (χ0v) is 12.5. The lowest BCUT2D eigenvalue weighted by Crippen LogP contribution is -2.28. The summed E-state index contributed by atoms with van der Waals surface area (Å²) in [5.41, 5.74) is 1.16. The molecule has 1 aliphatic carbocycles. The van der Waals surface area contributed by atoms with Gasteiger partial charge in [-0.05, 0) is 45.2 Å². The van der Waals surface area contributed by atoms with Crippen molar-refractivity contribution < 1.29 is 0 Å². The molecule has 4 heteroatoms. The molecule has 0 atom stereocenters. The summed E-state index contributed by atoms with van der Waals surface area (Å²) in [7, 11) is 0. The molecule has 2 heterocycles. The van der Waals surface area contributed by atoms with Crippen molar-refractivity contribution in [2.75, 3.05) is 0 Å². The smallest absolute Gasteiger partial charge is 0.155 e. The van der Waals surface area contributed by atoms with Gasteiger partial charge in [0.15, 0.2) is 5.82 Å². The van der Waals surface area contributed by atoms with Crippen molar-refractivity contribution >= 4 is 0 Å². The second-order valence-electron chi connectivity index (χ2n) is 6.63. The maximum atomic E-state index is 4.82. The Morgan fingerprint density at radius 3 is 2.65 bits per heavy atom. The SMILES string of the molecule is CC(C)(C)n1nc(Cc2cccnc2)nc1C1CCC1. The topological polar surface area (TPSA) is 43.6 Å². The Balaban J connectivity index is 1.90. The predicted octanol–water partition coefficient (Wildman–Crippen LogP) is 3.29. The van der Waals surface area contributed by atoms with E-state index >= 15 is 0 Å². The number of rotatable bonds is 3. The summed E-state index contributed by atoms with van der Waals surface area (Å²) in [5.74, 6) is 2.68. The average molecular weight is 270 g/mol. The van der Waals surface area contributed by atoms with E-state index in [2.05, 4.69) is 36.5 Å². The Morgan fingerprint density at radius 2 is 2.10 bits per heavy atom. The summed E-state index contributed by atoms with van der Waals surface area (Å²) in [4.78, 5) is 8.98. The number of hydrogen-bond acceptors (Lipinski definition) is 3. The lowest BCUT2D eigenvalue weighted by molar-refractivity contribution is 0.302. The van der Waals surface area contributed by atoms with E-state index in [0.29, 0.717) is 5.92 Å². The van der Waals surface area contributed by atoms with Crippen LogP contribution in [0.3, 0.4) is 0 Å². The fraction of sp³-hybridized carbons (Fsp3) is 0.562. The molecule has 3 rings (SSSR count). The highest BCUT2D eigenvalue weighted by Gasteiger charge is 2.29. The molecule has 0 bridgehead atoms. The Bertz CT molecular complexity index is 576. The van der Waals surface area contributed by atoms with Crippen LogP contribution in [-0.2, 0) is 12.0 Å². The van der Waals surface area contributed by atoms with Crippen LogP contribution in [-0.4, -0.2) is 19.7 Å². The van der Waals surface area contributed by atoms with Crippen molar-refractivity contribution in [1.29, 1.82) is 0 Å². The standard InChI is InChI=1S/C16H22N4/c1-16(2,3)20-15(13-7-4-8-13)18-14(19-20)10-12-6-5-9-17-11-12/h5-6,9,11,13H,4,7-8,10H2,1-3H3. The van der Waals surface area contributed by atoms with Gasteiger partial charge < -0.3 is 0 Å². The van der Waals surface area contributed by atoms with Gasteiger partial charge >= 0.3 is 0 Å². The van der Waals surface area contributed by atoms with Gasteiger partial charge in [-0.1, -0.05) is 12.5 Å². The first-order valence-electron chi connectivity index (χ1n) is 7.39. The molecule has 106 valence electrons. The summed E-state index contributed by atoms with van der Waals surface area (Å²) in [6.45, 7) is 6.58. The van der Waals surface area contributed by atoms with Crippen LogP contribution in [0.5, 0.6) is 0 Å². The van der Waals surface area contributed by atoms with Gasteiger partial charge in [0.25, 0.3) is 0 Å². The summed E-state index contributed by atoms with van der Waals surface area (Å²) >= 11 is 0. The molecule has 0 spiro atoms. The first-order chi connectivity index (χ1) is 9.54. The molecule has 0 N–H and O–H groups in total. The lowest BCUT2D eigenvalue weighted by Gasteiger charge is -2.29. The first-order valence-corrected chi connectivity index (χ1v) is 7.39. The van der Waals surface area contributed by atoms with Gasteiger partial charge in [0, 0.05) is 24.7 Å². The highest BCUT2D eigenvalue weighted by Crippen LogP contribution is 2.37. The van der Waals surface area contributed by atoms with Gasteiger partial charge in [-0.2, -0.15) is 5.10 Å². The molecule has 0 aliphatic heterocycles. The normalized spacial score (nSPS) is 16.1. The fourth-order valence-corrected chi connectivity index (χ4v) is 2.55. The van der Waals surface area contributed by atoms with Gasteiger partial charge in [0.05, 0.1) is 5.54 Å². The van der Waals surface area contributed by atoms with Crippen LogP contribution >= 0.6 is 0 Å². The molecular formula is C16H22N4. The molecule has 1 fully saturated rings. The van der Waals surface area contributed by atoms with E-state index in [9.17, 15) is 0 Å². The Morgan fingerprint density at radius 1 is 1.30 bits per heavy atom. The highest BCUT2D eigenvalue weighted by atomic mass is 15.4. The Labute approximate surface area is 120 Å². The van der Waals surface area contributed by atoms with Crippen LogP contribution in [0.4, 0.5) is 0 Å². The van der Waals surface area contributed by atoms with Crippen molar-refractivity contribution in [3.63, 3.8) is 0 Å². The van der Waals surface area contributed by atoms with Crippen molar-refractivity contribution in [3.05, 3.63) is 41.7 Å². The molecule has 4 nitrogen and oxygen atoms in total. The molecule has 1 saturated carbocycles. The number of aromatic nitrogens is 4. The zero-order valence-electron chi connectivity index (χ0n) is 12.5. The third-order valence-corrected chi connectivity index (χ3v) is 3.87. The van der Waals surface area contributed by atoms with Crippen LogP contribution in [0.1, 0.15) is 63.2 Å². The third kappa shape index (κ3) is 2.60. The van der Waals surface area contributed by atoms with E-state index < -0.39 is 0 Å². The van der Waals surface area contributed by atoms with Gasteiger partial charge in [0.2, 0.25) is 0 Å². The Hall–Kier alpha value is -1.71. The van der Waals surface area contributed by atoms with Crippen molar-refractivity contribution in [2.45, 2.75) is 57.9 Å². The van der Waals surface area contributed by atoms with Crippen LogP contribution < -0.4 is 0 Å². The molecule has 0 unspecified atom stereocenters. The molecule has 20 heavy (non-hydrogen) atoms. The fourth-order valence-electron chi connectivity index (χ4n) is 2.55. The highest BCUT2D eigenvalue weighted by molar-refractivity contribution is 5.16. The minimum absolute atomic E-state index is 0.00882. The van der Waals surface area contributed by atoms with Crippen molar-refractivity contribution in [1.82, 2.24) is 19.7 Å². The third-order valence-electron chi connectivity index (χ3n) is 3.87. The second-order valence-corrected chi connectivity index (χ2v) is 6.63. The van der Waals surface area contributed by atoms with Crippen molar-refractivity contribution in [3.8, 4) is 0 Å². The molecule has 0 amide bonds. The molecule has 0 aromatic carbocycles. The molecule has 0 saturated heterocycles. The number of nitrogens with zero attached hydrogens (tertiary/aromatic N) is 4. The van der Waals surface area contributed by atoms with E-state index in [0.717, 1.165) is 12.2 Å². The summed E-state index contributed by atoms with van der Waals surface area (Å²) in [6.07, 6.45) is 8.27. The van der Waals surface area contributed by atoms with Gasteiger partial charge in [-0.3, -0.25) is 4.98 Å². The van der Waals surface area contributed by atoms with E-state index in [1.807, 2.05) is 12.3 Å². The summed E-state index contributed by atoms with van der Waals surface area (Å²) in [6, 6.07) is 4.04. The monoisotopic (exact) mass is 270 g/mol. The van der Waals surface area contributed by atoms with Crippen LogP contribution in [0.15, 0.2) is 24.5 Å². The molecule has 2 aromatic heterocycles. The van der Waals surface area contributed by atoms with Crippen LogP contribution in [0, 0.1) is 0 Å². The van der Waals surface area contributed by atoms with Crippen molar-refractivity contribution in [2.24, 2.45) is 0 Å². The van der Waals surface area contributed by atoms with Gasteiger partial charge in [-0.15, -0.1) is 0 Å². The number of pyridine rings is 1. The largest absolute Gasteiger partial charge is 0.264 e. The molecule has 1 aliphatic rings. The first kappa shape index (κ1) is 13.3. The summed E-state index contributed by atoms with van der Waals surface area (Å²) < 4.78 is 2.13. The summed E-state index contributed by atoms with van der Waals surface area (Å²) in [5, 5.41) is 4.76. The van der Waals surface area contributed by atoms with Crippen LogP contribution in [0.2, 0.25) is 0 Å². The predicted molar refractivity (Wildman–Crippen MR) is 78.7 cm³/mol. The van der Waals surface area contributed by atoms with E-state index in [1.165, 1.54) is 30.7 Å². The van der Waals surface area contributed by atoms with Crippen LogP contribution in [0.25, 0.3) is 0 Å². The maximum absolute atomic E-state index is 4.82. The average Bonchev–Trinajstić information content (AvgIpc) is 2.71. The zero-order chi connectivity index (χ0) is 14.2. The quantitative estimate of drug-likeness (QED) is 0.859. The molecule has 2 aromatic rings. The van der Waals surface area contributed by atoms with E-state index in [4.69, 9.17) is 10.1 Å². The molecular weight excluding hydrogens is 248 g/mol. The Kier molecular flexibility index (Phi) is 3.32. The number of hydrogen-bond donors (Lipinski definition) is 0.